The van der Waals surface area contributed by atoms with Gasteiger partial charge in [0.25, 0.3) is 0 Å². The Kier molecular flexibility index (Phi) is 6.75. The molecule has 0 aliphatic carbocycles. The van der Waals surface area contributed by atoms with Crippen molar-refractivity contribution < 1.29 is 24.9 Å². The molecular weight excluding hydrogens is 252 g/mol. The Morgan fingerprint density at radius 3 is 1.89 bits per heavy atom. The molecule has 0 aromatic carbocycles. The number of carbonyl (C=O) groups is 2. The number of nitrogens with one attached hydrogen (secondary N) is 2. The van der Waals surface area contributed by atoms with E-state index in [1.807, 2.05) is 0 Å². The molecule has 2 fully saturated rings. The first kappa shape index (κ1) is 15.9. The Morgan fingerprint density at radius 2 is 1.53 bits per heavy atom. The van der Waals surface area contributed by atoms with Gasteiger partial charge in [-0.1, -0.05) is 6.42 Å². The normalized spacial score (nSPS) is 30.9. The van der Waals surface area contributed by atoms with Gasteiger partial charge in [-0.3, -0.25) is 9.59 Å². The number of aliphatic hydroxyl groups excluding tert-OH is 1. The number of piperidine rings is 2. The molecule has 19 heavy (non-hydrogen) atoms. The van der Waals surface area contributed by atoms with Crippen LogP contribution >= 0.6 is 0 Å². The van der Waals surface area contributed by atoms with Crippen LogP contribution in [0.2, 0.25) is 0 Å². The van der Waals surface area contributed by atoms with Crippen LogP contribution in [-0.2, 0) is 9.59 Å². The Labute approximate surface area is 112 Å². The second-order valence-electron chi connectivity index (χ2n) is 4.87. The predicted octanol–water partition coefficient (Wildman–Crippen LogP) is -0.603. The molecule has 2 aliphatic heterocycles. The van der Waals surface area contributed by atoms with E-state index in [2.05, 4.69) is 10.6 Å². The van der Waals surface area contributed by atoms with Crippen LogP contribution < -0.4 is 10.6 Å². The van der Waals surface area contributed by atoms with Crippen molar-refractivity contribution in [3.63, 3.8) is 0 Å². The minimum atomic E-state index is -0.827. The first-order valence-corrected chi connectivity index (χ1v) is 6.61. The maximum atomic E-state index is 10.3. The summed E-state index contributed by atoms with van der Waals surface area (Å²) in [6, 6.07) is -0.734. The predicted molar refractivity (Wildman–Crippen MR) is 67.9 cm³/mol. The molecule has 0 bridgehead atoms. The third kappa shape index (κ3) is 6.00. The third-order valence-electron chi connectivity index (χ3n) is 3.29. The summed E-state index contributed by atoms with van der Waals surface area (Å²) in [7, 11) is 0. The van der Waals surface area contributed by atoms with Crippen LogP contribution in [0.25, 0.3) is 0 Å². The molecule has 0 spiro atoms. The lowest BCUT2D eigenvalue weighted by Crippen LogP contribution is -2.45. The first-order valence-electron chi connectivity index (χ1n) is 6.61. The molecule has 2 saturated heterocycles. The fourth-order valence-electron chi connectivity index (χ4n) is 2.11. The molecule has 5 N–H and O–H groups in total. The minimum Gasteiger partial charge on any atom is -0.480 e. The summed E-state index contributed by atoms with van der Waals surface area (Å²) in [6.07, 6.45) is 3.69. The minimum absolute atomic E-state index is 0.279. The second kappa shape index (κ2) is 8.08. The Balaban J connectivity index is 0.000000191. The number of hydrogen-bond acceptors (Lipinski definition) is 5. The lowest BCUT2D eigenvalue weighted by molar-refractivity contribution is -0.141. The molecule has 3 atom stereocenters. The van der Waals surface area contributed by atoms with Gasteiger partial charge < -0.3 is 26.0 Å². The van der Waals surface area contributed by atoms with Gasteiger partial charge in [-0.05, 0) is 32.2 Å². The van der Waals surface area contributed by atoms with Gasteiger partial charge in [0, 0.05) is 6.54 Å². The quantitative estimate of drug-likeness (QED) is 0.456. The van der Waals surface area contributed by atoms with Crippen molar-refractivity contribution in [2.24, 2.45) is 0 Å². The van der Waals surface area contributed by atoms with E-state index < -0.39 is 18.0 Å². The Morgan fingerprint density at radius 1 is 0.895 bits per heavy atom. The number of carboxylic acids is 2. The zero-order valence-corrected chi connectivity index (χ0v) is 10.8. The summed E-state index contributed by atoms with van der Waals surface area (Å²) in [5.74, 6) is -1.54. The van der Waals surface area contributed by atoms with Crippen molar-refractivity contribution in [1.29, 1.82) is 0 Å². The van der Waals surface area contributed by atoms with Gasteiger partial charge in [-0.25, -0.2) is 0 Å². The lowest BCUT2D eigenvalue weighted by Gasteiger charge is -2.23. The highest BCUT2D eigenvalue weighted by atomic mass is 16.4. The van der Waals surface area contributed by atoms with Crippen LogP contribution in [0.3, 0.4) is 0 Å². The fourth-order valence-corrected chi connectivity index (χ4v) is 2.11. The molecular formula is C12H22N2O5. The molecule has 2 heterocycles. The van der Waals surface area contributed by atoms with Gasteiger partial charge in [0.05, 0.1) is 6.10 Å². The van der Waals surface area contributed by atoms with Crippen LogP contribution in [0, 0.1) is 0 Å². The molecule has 7 heteroatoms. The number of rotatable bonds is 2. The van der Waals surface area contributed by atoms with Crippen LogP contribution in [0.15, 0.2) is 0 Å². The summed E-state index contributed by atoms with van der Waals surface area (Å²) in [4.78, 5) is 20.6. The lowest BCUT2D eigenvalue weighted by atomic mass is 10.0. The summed E-state index contributed by atoms with van der Waals surface area (Å²) in [5, 5.41) is 31.5. The van der Waals surface area contributed by atoms with Crippen molar-refractivity contribution >= 4 is 11.9 Å². The highest BCUT2D eigenvalue weighted by molar-refractivity contribution is 5.73. The van der Waals surface area contributed by atoms with E-state index in [0.29, 0.717) is 19.4 Å². The van der Waals surface area contributed by atoms with Crippen molar-refractivity contribution in [2.45, 2.75) is 50.3 Å². The molecule has 2 aliphatic rings. The van der Waals surface area contributed by atoms with E-state index in [1.54, 1.807) is 0 Å². The monoisotopic (exact) mass is 274 g/mol. The van der Waals surface area contributed by atoms with Crippen molar-refractivity contribution in [2.75, 3.05) is 13.1 Å². The Hall–Kier alpha value is -1.18. The van der Waals surface area contributed by atoms with Crippen LogP contribution in [-0.4, -0.2) is 58.5 Å². The molecule has 0 saturated carbocycles. The van der Waals surface area contributed by atoms with Crippen molar-refractivity contribution in [3.8, 4) is 0 Å². The number of β-amino-alcohol motifs (C(OH)–C–C–N with tert-alkyl or cyclic N) is 1. The molecule has 2 rings (SSSR count). The SMILES string of the molecule is O=C(O)C1CCC(O)CN1.O=C(O)C1CCCCN1. The third-order valence-corrected chi connectivity index (χ3v) is 3.29. The fraction of sp³-hybridized carbons (Fsp3) is 0.833. The van der Waals surface area contributed by atoms with Crippen LogP contribution in [0.1, 0.15) is 32.1 Å². The second-order valence-corrected chi connectivity index (χ2v) is 4.87. The van der Waals surface area contributed by atoms with Gasteiger partial charge >= 0.3 is 11.9 Å². The van der Waals surface area contributed by atoms with E-state index in [9.17, 15) is 9.59 Å². The average molecular weight is 274 g/mol. The zero-order valence-electron chi connectivity index (χ0n) is 10.8. The molecule has 0 amide bonds. The first-order chi connectivity index (χ1) is 9.00. The van der Waals surface area contributed by atoms with Crippen molar-refractivity contribution in [1.82, 2.24) is 10.6 Å². The molecule has 0 aromatic rings. The van der Waals surface area contributed by atoms with E-state index in [4.69, 9.17) is 15.3 Å². The summed E-state index contributed by atoms with van der Waals surface area (Å²) >= 11 is 0. The largest absolute Gasteiger partial charge is 0.480 e. The van der Waals surface area contributed by atoms with Crippen LogP contribution in [0.4, 0.5) is 0 Å². The van der Waals surface area contributed by atoms with Gasteiger partial charge in [0.2, 0.25) is 0 Å². The summed E-state index contributed by atoms with van der Waals surface area (Å²) in [5.41, 5.74) is 0. The van der Waals surface area contributed by atoms with Crippen LogP contribution in [0.5, 0.6) is 0 Å². The van der Waals surface area contributed by atoms with E-state index in [0.717, 1.165) is 25.8 Å². The Bertz CT molecular complexity index is 296. The topological polar surface area (TPSA) is 119 Å². The van der Waals surface area contributed by atoms with Gasteiger partial charge in [0.15, 0.2) is 0 Å². The van der Waals surface area contributed by atoms with E-state index in [1.165, 1.54) is 0 Å². The molecule has 0 radical (unpaired) electrons. The smallest absolute Gasteiger partial charge is 0.320 e. The summed E-state index contributed by atoms with van der Waals surface area (Å²) in [6.45, 7) is 1.26. The van der Waals surface area contributed by atoms with Gasteiger partial charge in [0.1, 0.15) is 12.1 Å². The maximum absolute atomic E-state index is 10.3. The highest BCUT2D eigenvalue weighted by Gasteiger charge is 2.23. The van der Waals surface area contributed by atoms with Gasteiger partial charge in [-0.2, -0.15) is 0 Å². The van der Waals surface area contributed by atoms with Crippen molar-refractivity contribution in [3.05, 3.63) is 0 Å². The average Bonchev–Trinajstić information content (AvgIpc) is 2.41. The molecule has 7 nitrogen and oxygen atoms in total. The number of hydrogen-bond donors (Lipinski definition) is 5. The molecule has 110 valence electrons. The van der Waals surface area contributed by atoms with E-state index >= 15 is 0 Å². The zero-order chi connectivity index (χ0) is 14.3. The van der Waals surface area contributed by atoms with E-state index in [-0.39, 0.29) is 12.1 Å². The number of aliphatic hydroxyl groups is 1. The molecule has 0 aromatic heterocycles. The highest BCUT2D eigenvalue weighted by Crippen LogP contribution is 2.07. The number of carboxylic acid groups (broad SMARTS) is 2. The van der Waals surface area contributed by atoms with Gasteiger partial charge in [-0.15, -0.1) is 0 Å². The number of aliphatic carboxylic acids is 2. The standard InChI is InChI=1S/C6H11NO3.C6H11NO2/c8-4-1-2-5(6(9)10)7-3-4;8-6(9)5-3-1-2-4-7-5/h4-5,7-8H,1-3H2,(H,9,10);5,7H,1-4H2,(H,8,9). The maximum Gasteiger partial charge on any atom is 0.320 e. The molecule has 3 unspecified atom stereocenters. The summed E-state index contributed by atoms with van der Waals surface area (Å²) < 4.78 is 0.